The molecule has 6 nitrogen and oxygen atoms in total. The van der Waals surface area contributed by atoms with Gasteiger partial charge in [-0.05, 0) is 37.8 Å². The smallest absolute Gasteiger partial charge is 0.254 e. The number of rotatable bonds is 3. The molecule has 1 saturated heterocycles. The summed E-state index contributed by atoms with van der Waals surface area (Å²) in [6, 6.07) is 6.15. The van der Waals surface area contributed by atoms with Gasteiger partial charge in [-0.3, -0.25) is 4.79 Å². The van der Waals surface area contributed by atoms with Gasteiger partial charge < -0.3 is 10.6 Å². The van der Waals surface area contributed by atoms with Crippen molar-refractivity contribution < 1.29 is 4.79 Å². The van der Waals surface area contributed by atoms with Gasteiger partial charge in [0.05, 0.1) is 27.7 Å². The molecule has 1 amide bonds. The van der Waals surface area contributed by atoms with Crippen molar-refractivity contribution in [1.29, 1.82) is 0 Å². The second-order valence-corrected chi connectivity index (χ2v) is 7.70. The Morgan fingerprint density at radius 2 is 2.28 bits per heavy atom. The first-order valence-corrected chi connectivity index (χ1v) is 9.39. The van der Waals surface area contributed by atoms with Crippen molar-refractivity contribution in [2.24, 2.45) is 5.73 Å². The summed E-state index contributed by atoms with van der Waals surface area (Å²) >= 11 is 1.62. The molecule has 0 aliphatic carbocycles. The average molecular weight is 355 g/mol. The maximum absolute atomic E-state index is 13.1. The van der Waals surface area contributed by atoms with E-state index in [-0.39, 0.29) is 18.0 Å². The first-order valence-electron chi connectivity index (χ1n) is 8.51. The topological polar surface area (TPSA) is 77.0 Å². The Bertz CT molecular complexity index is 915. The fourth-order valence-electron chi connectivity index (χ4n) is 3.27. The summed E-state index contributed by atoms with van der Waals surface area (Å²) in [5, 5.41) is 7.28. The van der Waals surface area contributed by atoms with Crippen LogP contribution in [0.25, 0.3) is 21.6 Å². The summed E-state index contributed by atoms with van der Waals surface area (Å²) in [6.07, 6.45) is 2.60. The van der Waals surface area contributed by atoms with Gasteiger partial charge in [-0.1, -0.05) is 6.07 Å². The molecule has 0 radical (unpaired) electrons. The Morgan fingerprint density at radius 1 is 1.44 bits per heavy atom. The van der Waals surface area contributed by atoms with Crippen molar-refractivity contribution in [2.75, 3.05) is 13.1 Å². The van der Waals surface area contributed by atoms with E-state index in [9.17, 15) is 4.79 Å². The molecule has 4 rings (SSSR count). The number of aromatic nitrogens is 3. The summed E-state index contributed by atoms with van der Waals surface area (Å²) in [5.74, 6) is 0.0152. The van der Waals surface area contributed by atoms with E-state index >= 15 is 0 Å². The van der Waals surface area contributed by atoms with Crippen LogP contribution < -0.4 is 5.73 Å². The molecule has 130 valence electrons. The second-order valence-electron chi connectivity index (χ2n) is 6.75. The van der Waals surface area contributed by atoms with Crippen LogP contribution in [0.5, 0.6) is 0 Å². The minimum absolute atomic E-state index is 0.0152. The molecule has 3 aromatic heterocycles. The predicted molar refractivity (Wildman–Crippen MR) is 99.7 cm³/mol. The number of fused-ring (bicyclic) bond motifs is 1. The number of hydrogen-bond acceptors (Lipinski definition) is 5. The van der Waals surface area contributed by atoms with Gasteiger partial charge >= 0.3 is 0 Å². The number of hydrogen-bond donors (Lipinski definition) is 1. The molecule has 0 aromatic carbocycles. The number of nitrogens with zero attached hydrogens (tertiary/aromatic N) is 4. The maximum Gasteiger partial charge on any atom is 0.254 e. The molecular formula is C18H21N5OS. The van der Waals surface area contributed by atoms with E-state index < -0.39 is 0 Å². The van der Waals surface area contributed by atoms with Crippen molar-refractivity contribution >= 4 is 28.3 Å². The normalized spacial score (nSPS) is 17.8. The molecule has 0 unspecified atom stereocenters. The largest absolute Gasteiger partial charge is 0.337 e. The van der Waals surface area contributed by atoms with E-state index in [0.29, 0.717) is 18.7 Å². The van der Waals surface area contributed by atoms with Gasteiger partial charge in [0.15, 0.2) is 5.65 Å². The van der Waals surface area contributed by atoms with Crippen LogP contribution in [0.2, 0.25) is 0 Å². The Morgan fingerprint density at radius 3 is 2.92 bits per heavy atom. The summed E-state index contributed by atoms with van der Waals surface area (Å²) in [5.41, 5.74) is 8.22. The van der Waals surface area contributed by atoms with Crippen LogP contribution in [0.15, 0.2) is 29.8 Å². The van der Waals surface area contributed by atoms with Gasteiger partial charge in [-0.2, -0.15) is 5.10 Å². The van der Waals surface area contributed by atoms with E-state index in [1.54, 1.807) is 17.5 Å². The molecule has 1 aliphatic heterocycles. The molecular weight excluding hydrogens is 334 g/mol. The number of likely N-dealkylation sites (tertiary alicyclic amines) is 1. The van der Waals surface area contributed by atoms with Crippen LogP contribution in [0.1, 0.15) is 36.7 Å². The van der Waals surface area contributed by atoms with E-state index in [1.165, 1.54) is 0 Å². The highest BCUT2D eigenvalue weighted by Gasteiger charge is 2.27. The molecule has 0 bridgehead atoms. The lowest BCUT2D eigenvalue weighted by molar-refractivity contribution is 0.0793. The minimum Gasteiger partial charge on any atom is -0.337 e. The third kappa shape index (κ3) is 2.83. The quantitative estimate of drug-likeness (QED) is 0.784. The molecule has 0 saturated carbocycles. The molecule has 1 aliphatic rings. The van der Waals surface area contributed by atoms with Gasteiger partial charge in [0.25, 0.3) is 5.91 Å². The molecule has 2 N–H and O–H groups in total. The zero-order valence-corrected chi connectivity index (χ0v) is 15.2. The Balaban J connectivity index is 1.88. The molecule has 0 spiro atoms. The summed E-state index contributed by atoms with van der Waals surface area (Å²) in [6.45, 7) is 5.44. The Hall–Kier alpha value is -2.25. The predicted octanol–water partition coefficient (Wildman–Crippen LogP) is 2.91. The van der Waals surface area contributed by atoms with Crippen molar-refractivity contribution in [3.63, 3.8) is 0 Å². The highest BCUT2D eigenvalue weighted by molar-refractivity contribution is 7.13. The monoisotopic (exact) mass is 355 g/mol. The lowest BCUT2D eigenvalue weighted by Crippen LogP contribution is -2.32. The number of thiophene rings is 1. The Kier molecular flexibility index (Phi) is 4.05. The van der Waals surface area contributed by atoms with E-state index in [4.69, 9.17) is 10.7 Å². The molecule has 4 heterocycles. The van der Waals surface area contributed by atoms with Gasteiger partial charge in [-0.15, -0.1) is 11.3 Å². The fraction of sp³-hybridized carbons (Fsp3) is 0.389. The van der Waals surface area contributed by atoms with E-state index in [1.807, 2.05) is 33.2 Å². The third-order valence-electron chi connectivity index (χ3n) is 4.57. The molecule has 25 heavy (non-hydrogen) atoms. The third-order valence-corrected chi connectivity index (χ3v) is 5.46. The standard InChI is InChI=1S/C18H21N5OS/c1-11(2)23-17-14(9-20-23)13(18(24)22-6-5-12(19)10-22)8-15(21-17)16-4-3-7-25-16/h3-4,7-9,11-12H,5-6,10,19H2,1-2H3/t12-/m1/s1. The van der Waals surface area contributed by atoms with Crippen LogP contribution in [-0.2, 0) is 0 Å². The highest BCUT2D eigenvalue weighted by atomic mass is 32.1. The van der Waals surface area contributed by atoms with Gasteiger partial charge in [0.2, 0.25) is 0 Å². The summed E-state index contributed by atoms with van der Waals surface area (Å²) in [7, 11) is 0. The van der Waals surface area contributed by atoms with Crippen molar-refractivity contribution in [3.05, 3.63) is 35.3 Å². The molecule has 1 atom stereocenters. The van der Waals surface area contributed by atoms with Crippen LogP contribution in [-0.4, -0.2) is 44.7 Å². The zero-order chi connectivity index (χ0) is 17.6. The summed E-state index contributed by atoms with van der Waals surface area (Å²) in [4.78, 5) is 20.8. The molecule has 3 aromatic rings. The number of pyridine rings is 1. The van der Waals surface area contributed by atoms with Crippen LogP contribution in [0.3, 0.4) is 0 Å². The van der Waals surface area contributed by atoms with Crippen molar-refractivity contribution in [1.82, 2.24) is 19.7 Å². The van der Waals surface area contributed by atoms with E-state index in [0.717, 1.165) is 28.0 Å². The first kappa shape index (κ1) is 16.2. The Labute approximate surface area is 150 Å². The number of carbonyl (C=O) groups is 1. The van der Waals surface area contributed by atoms with Crippen LogP contribution >= 0.6 is 11.3 Å². The van der Waals surface area contributed by atoms with Crippen molar-refractivity contribution in [2.45, 2.75) is 32.4 Å². The SMILES string of the molecule is CC(C)n1ncc2c(C(=O)N3CC[C@@H](N)C3)cc(-c3cccs3)nc21. The minimum atomic E-state index is 0.0152. The number of carbonyl (C=O) groups excluding carboxylic acids is 1. The van der Waals surface area contributed by atoms with Crippen LogP contribution in [0, 0.1) is 0 Å². The number of nitrogens with two attached hydrogens (primary N) is 1. The van der Waals surface area contributed by atoms with Crippen molar-refractivity contribution in [3.8, 4) is 10.6 Å². The zero-order valence-electron chi connectivity index (χ0n) is 14.3. The summed E-state index contributed by atoms with van der Waals surface area (Å²) < 4.78 is 1.87. The number of amides is 1. The van der Waals surface area contributed by atoms with E-state index in [2.05, 4.69) is 18.9 Å². The average Bonchev–Trinajstić information content (AvgIpc) is 3.32. The highest BCUT2D eigenvalue weighted by Crippen LogP contribution is 2.30. The lowest BCUT2D eigenvalue weighted by Gasteiger charge is -2.17. The first-order chi connectivity index (χ1) is 12.0. The molecule has 1 fully saturated rings. The second kappa shape index (κ2) is 6.24. The van der Waals surface area contributed by atoms with Gasteiger partial charge in [0.1, 0.15) is 0 Å². The lowest BCUT2D eigenvalue weighted by atomic mass is 10.1. The van der Waals surface area contributed by atoms with Gasteiger partial charge in [0, 0.05) is 25.2 Å². The maximum atomic E-state index is 13.1. The molecule has 7 heteroatoms. The van der Waals surface area contributed by atoms with Gasteiger partial charge in [-0.25, -0.2) is 9.67 Å². The van der Waals surface area contributed by atoms with Crippen LogP contribution in [0.4, 0.5) is 0 Å². The fourth-order valence-corrected chi connectivity index (χ4v) is 3.95.